The normalized spacial score (nSPS) is 20.1. The van der Waals surface area contributed by atoms with Crippen molar-refractivity contribution in [3.63, 3.8) is 0 Å². The first-order chi connectivity index (χ1) is 17.9. The highest BCUT2D eigenvalue weighted by atomic mass is 79.9. The number of benzene rings is 3. The zero-order valence-corrected chi connectivity index (χ0v) is 24.1. The molecule has 2 aliphatic rings. The molecule has 6 nitrogen and oxygen atoms in total. The van der Waals surface area contributed by atoms with Gasteiger partial charge >= 0.3 is 0 Å². The Kier molecular flexibility index (Phi) is 7.16. The third-order valence-corrected chi connectivity index (χ3v) is 9.25. The molecule has 1 N–H and O–H groups in total. The van der Waals surface area contributed by atoms with Crippen molar-refractivity contribution in [3.05, 3.63) is 97.2 Å². The Labute approximate surface area is 238 Å². The fraction of sp³-hybridized carbons (Fsp3) is 0.296. The Bertz CT molecular complexity index is 1550. The molecule has 0 bridgehead atoms. The van der Waals surface area contributed by atoms with Crippen LogP contribution in [0.1, 0.15) is 39.9 Å². The summed E-state index contributed by atoms with van der Waals surface area (Å²) in [5, 5.41) is 10.6. The van der Waals surface area contributed by atoms with E-state index in [1.165, 1.54) is 35.2 Å². The van der Waals surface area contributed by atoms with Crippen molar-refractivity contribution in [2.75, 3.05) is 19.5 Å². The predicted molar refractivity (Wildman–Crippen MR) is 145 cm³/mol. The van der Waals surface area contributed by atoms with Crippen LogP contribution in [0.4, 0.5) is 4.39 Å². The Morgan fingerprint density at radius 2 is 1.74 bits per heavy atom. The number of aliphatic hydroxyl groups excluding tert-OH is 1. The van der Waals surface area contributed by atoms with E-state index in [0.717, 1.165) is 19.1 Å². The number of halogens is 4. The molecule has 3 aromatic carbocycles. The SMILES string of the molecule is CS(=O)(=O)c1cc(Cl)ccc1CN1C(=O)c2cc(Br)cc(F)c2C1(OCC1(CO)CC1)c1ccc(Cl)cc1. The summed E-state index contributed by atoms with van der Waals surface area (Å²) in [6.07, 6.45) is 2.50. The number of sulfone groups is 1. The molecule has 0 spiro atoms. The van der Waals surface area contributed by atoms with Crippen molar-refractivity contribution >= 4 is 54.9 Å². The van der Waals surface area contributed by atoms with Crippen LogP contribution < -0.4 is 0 Å². The number of hydrogen-bond acceptors (Lipinski definition) is 5. The van der Waals surface area contributed by atoms with Gasteiger partial charge in [-0.25, -0.2) is 12.8 Å². The summed E-state index contributed by atoms with van der Waals surface area (Å²) in [7, 11) is -3.73. The van der Waals surface area contributed by atoms with Gasteiger partial charge in [0.1, 0.15) is 5.82 Å². The minimum Gasteiger partial charge on any atom is -0.396 e. The lowest BCUT2D eigenvalue weighted by molar-refractivity contribution is -0.130. The molecule has 0 saturated heterocycles. The number of carbonyl (C=O) groups excluding carboxylic acids is 1. The van der Waals surface area contributed by atoms with Crippen LogP contribution in [-0.4, -0.2) is 43.8 Å². The molecule has 1 unspecified atom stereocenters. The summed E-state index contributed by atoms with van der Waals surface area (Å²) in [5.41, 5.74) is -1.45. The molecule has 11 heteroatoms. The summed E-state index contributed by atoms with van der Waals surface area (Å²) < 4.78 is 48.1. The van der Waals surface area contributed by atoms with E-state index < -0.39 is 32.7 Å². The minimum absolute atomic E-state index is 0.0108. The molecule has 1 aliphatic heterocycles. The van der Waals surface area contributed by atoms with Crippen LogP contribution in [0.2, 0.25) is 10.0 Å². The highest BCUT2D eigenvalue weighted by molar-refractivity contribution is 9.10. The number of fused-ring (bicyclic) bond motifs is 1. The van der Waals surface area contributed by atoms with Gasteiger partial charge in [0.15, 0.2) is 15.6 Å². The monoisotopic (exact) mass is 641 g/mol. The van der Waals surface area contributed by atoms with E-state index in [1.807, 2.05) is 0 Å². The van der Waals surface area contributed by atoms with Crippen molar-refractivity contribution in [3.8, 4) is 0 Å². The maximum absolute atomic E-state index is 15.9. The van der Waals surface area contributed by atoms with Gasteiger partial charge in [-0.15, -0.1) is 0 Å². The zero-order chi connectivity index (χ0) is 27.5. The Balaban J connectivity index is 1.76. The van der Waals surface area contributed by atoms with Gasteiger partial charge in [0, 0.05) is 31.8 Å². The maximum Gasteiger partial charge on any atom is 0.257 e. The zero-order valence-electron chi connectivity index (χ0n) is 20.2. The molecule has 1 heterocycles. The van der Waals surface area contributed by atoms with E-state index in [4.69, 9.17) is 27.9 Å². The van der Waals surface area contributed by atoms with Crippen LogP contribution in [0.25, 0.3) is 0 Å². The summed E-state index contributed by atoms with van der Waals surface area (Å²) in [6.45, 7) is -0.300. The lowest BCUT2D eigenvalue weighted by Crippen LogP contribution is -2.48. The molecule has 5 rings (SSSR count). The molecule has 38 heavy (non-hydrogen) atoms. The first-order valence-corrected chi connectivity index (χ1v) is 15.2. The number of aliphatic hydroxyl groups is 1. The molecule has 1 aliphatic carbocycles. The van der Waals surface area contributed by atoms with Crippen molar-refractivity contribution in [2.24, 2.45) is 5.41 Å². The van der Waals surface area contributed by atoms with Crippen LogP contribution in [0.15, 0.2) is 64.0 Å². The van der Waals surface area contributed by atoms with Gasteiger partial charge in [-0.2, -0.15) is 0 Å². The average molecular weight is 643 g/mol. The second-order valence-corrected chi connectivity index (χ2v) is 13.6. The molecule has 200 valence electrons. The molecule has 1 saturated carbocycles. The summed E-state index contributed by atoms with van der Waals surface area (Å²) >= 11 is 15.5. The third kappa shape index (κ3) is 4.78. The predicted octanol–water partition coefficient (Wildman–Crippen LogP) is 5.94. The highest BCUT2D eigenvalue weighted by Gasteiger charge is 2.56. The van der Waals surface area contributed by atoms with Crippen LogP contribution >= 0.6 is 39.1 Å². The highest BCUT2D eigenvalue weighted by Crippen LogP contribution is 2.52. The quantitative estimate of drug-likeness (QED) is 0.329. The Hall–Kier alpha value is -2.01. The molecule has 1 amide bonds. The van der Waals surface area contributed by atoms with E-state index in [0.29, 0.717) is 20.6 Å². The Morgan fingerprint density at radius 3 is 2.34 bits per heavy atom. The van der Waals surface area contributed by atoms with Crippen LogP contribution in [-0.2, 0) is 26.8 Å². The number of ether oxygens (including phenoxy) is 1. The van der Waals surface area contributed by atoms with Crippen molar-refractivity contribution in [2.45, 2.75) is 30.0 Å². The molecule has 0 aromatic heterocycles. The van der Waals surface area contributed by atoms with E-state index in [9.17, 15) is 18.3 Å². The van der Waals surface area contributed by atoms with Gasteiger partial charge < -0.3 is 9.84 Å². The van der Waals surface area contributed by atoms with Crippen LogP contribution in [0, 0.1) is 11.2 Å². The largest absolute Gasteiger partial charge is 0.396 e. The smallest absolute Gasteiger partial charge is 0.257 e. The lowest BCUT2D eigenvalue weighted by Gasteiger charge is -2.40. The molecule has 0 radical (unpaired) electrons. The molecular formula is C27H23BrCl2FNO5S. The lowest BCUT2D eigenvalue weighted by atomic mass is 9.92. The average Bonchev–Trinajstić information content (AvgIpc) is 3.60. The molecule has 1 atom stereocenters. The van der Waals surface area contributed by atoms with E-state index >= 15 is 4.39 Å². The van der Waals surface area contributed by atoms with Gasteiger partial charge in [-0.1, -0.05) is 57.3 Å². The summed E-state index contributed by atoms with van der Waals surface area (Å²) in [5.74, 6) is -1.22. The maximum atomic E-state index is 15.9. The van der Waals surface area contributed by atoms with Crippen molar-refractivity contribution in [1.29, 1.82) is 0 Å². The third-order valence-electron chi connectivity index (χ3n) is 7.12. The van der Waals surface area contributed by atoms with Gasteiger partial charge in [0.25, 0.3) is 5.91 Å². The first-order valence-electron chi connectivity index (χ1n) is 11.7. The van der Waals surface area contributed by atoms with Crippen molar-refractivity contribution in [1.82, 2.24) is 4.90 Å². The number of nitrogens with zero attached hydrogens (tertiary/aromatic N) is 1. The number of hydrogen-bond donors (Lipinski definition) is 1. The van der Waals surface area contributed by atoms with E-state index in [-0.39, 0.29) is 40.8 Å². The second kappa shape index (κ2) is 9.87. The number of rotatable bonds is 8. The van der Waals surface area contributed by atoms with Crippen LogP contribution in [0.3, 0.4) is 0 Å². The minimum atomic E-state index is -3.73. The number of amides is 1. The molecule has 1 fully saturated rings. The first kappa shape index (κ1) is 27.6. The van der Waals surface area contributed by atoms with Crippen LogP contribution in [0.5, 0.6) is 0 Å². The number of carbonyl (C=O) groups is 1. The summed E-state index contributed by atoms with van der Waals surface area (Å²) in [4.78, 5) is 15.3. The fourth-order valence-electron chi connectivity index (χ4n) is 4.86. The van der Waals surface area contributed by atoms with Gasteiger partial charge in [-0.05, 0) is 54.8 Å². The van der Waals surface area contributed by atoms with E-state index in [2.05, 4.69) is 15.9 Å². The molecule has 3 aromatic rings. The van der Waals surface area contributed by atoms with Crippen molar-refractivity contribution < 1.29 is 27.4 Å². The topological polar surface area (TPSA) is 83.9 Å². The van der Waals surface area contributed by atoms with Gasteiger partial charge in [0.2, 0.25) is 0 Å². The van der Waals surface area contributed by atoms with E-state index in [1.54, 1.807) is 24.3 Å². The molecular weight excluding hydrogens is 620 g/mol. The van der Waals surface area contributed by atoms with Gasteiger partial charge in [0.05, 0.1) is 35.8 Å². The second-order valence-electron chi connectivity index (χ2n) is 9.82. The fourth-order valence-corrected chi connectivity index (χ4v) is 6.60. The Morgan fingerprint density at radius 1 is 1.08 bits per heavy atom. The van der Waals surface area contributed by atoms with Gasteiger partial charge in [-0.3, -0.25) is 9.69 Å². The summed E-state index contributed by atoms with van der Waals surface area (Å²) in [6, 6.07) is 13.7. The standard InChI is InChI=1S/C27H23BrCl2FNO5S/c1-38(35,36)23-12-20(30)5-2-16(23)13-32-25(34)21-10-18(28)11-22(31)24(21)27(32,17-3-6-19(29)7-4-17)37-15-26(14-33)8-9-26/h2-7,10-12,33H,8-9,13-15H2,1H3.